The molecule has 1 aromatic heterocycles. The minimum Gasteiger partial charge on any atom is -0.408 e. The zero-order valence-corrected chi connectivity index (χ0v) is 16.5. The highest BCUT2D eigenvalue weighted by Crippen LogP contribution is 2.40. The van der Waals surface area contributed by atoms with Crippen LogP contribution in [0.15, 0.2) is 24.4 Å². The highest BCUT2D eigenvalue weighted by Gasteiger charge is 2.40. The summed E-state index contributed by atoms with van der Waals surface area (Å²) in [5.74, 6) is 0.0350. The molecule has 1 amide bonds. The minimum atomic E-state index is -1.98. The minimum absolute atomic E-state index is 0.0350. The zero-order valence-electron chi connectivity index (χ0n) is 15.5. The molecular weight excluding hydrogens is 304 g/mol. The van der Waals surface area contributed by atoms with Gasteiger partial charge in [0.15, 0.2) is 8.32 Å². The molecule has 0 aliphatic heterocycles. The van der Waals surface area contributed by atoms with Crippen LogP contribution in [0.3, 0.4) is 0 Å². The topological polar surface area (TPSA) is 51.2 Å². The summed E-state index contributed by atoms with van der Waals surface area (Å²) in [7, 11) is -1.98. The van der Waals surface area contributed by atoms with Crippen LogP contribution in [-0.4, -0.2) is 25.8 Å². The Labute approximate surface area is 142 Å². The van der Waals surface area contributed by atoms with E-state index in [0.717, 1.165) is 25.1 Å². The Morgan fingerprint density at radius 3 is 2.57 bits per heavy atom. The third-order valence-corrected chi connectivity index (χ3v) is 8.97. The zero-order chi connectivity index (χ0) is 17.5. The van der Waals surface area contributed by atoms with E-state index in [1.807, 2.05) is 18.2 Å². The number of rotatable bonds is 8. The van der Waals surface area contributed by atoms with Crippen LogP contribution in [0.5, 0.6) is 0 Å². The lowest BCUT2D eigenvalue weighted by atomic mass is 10.1. The van der Waals surface area contributed by atoms with Crippen molar-refractivity contribution in [2.45, 2.75) is 71.2 Å². The molecule has 1 N–H and O–H groups in total. The molecule has 0 fully saturated rings. The van der Waals surface area contributed by atoms with Gasteiger partial charge in [-0.3, -0.25) is 9.78 Å². The summed E-state index contributed by atoms with van der Waals surface area (Å²) in [6.07, 6.45) is 3.88. The molecule has 1 aromatic rings. The average molecular weight is 337 g/mol. The first kappa shape index (κ1) is 19.8. The van der Waals surface area contributed by atoms with Crippen LogP contribution < -0.4 is 5.32 Å². The number of amides is 1. The highest BCUT2D eigenvalue weighted by molar-refractivity contribution is 6.74. The molecule has 0 radical (unpaired) electrons. The monoisotopic (exact) mass is 336 g/mol. The van der Waals surface area contributed by atoms with E-state index in [2.05, 4.69) is 51.1 Å². The molecule has 1 unspecified atom stereocenters. The lowest BCUT2D eigenvalue weighted by Gasteiger charge is -2.39. The van der Waals surface area contributed by atoms with Crippen molar-refractivity contribution in [1.82, 2.24) is 10.3 Å². The SMILES string of the molecule is CCCCNC(=O)CC(O[Si](C)(C)C(C)(C)C)c1ccccn1. The van der Waals surface area contributed by atoms with E-state index < -0.39 is 8.32 Å². The molecule has 130 valence electrons. The second-order valence-corrected chi connectivity index (χ2v) is 12.3. The van der Waals surface area contributed by atoms with E-state index in [1.54, 1.807) is 6.20 Å². The summed E-state index contributed by atoms with van der Waals surface area (Å²) in [4.78, 5) is 16.6. The molecule has 5 heteroatoms. The van der Waals surface area contributed by atoms with Crippen LogP contribution in [0.25, 0.3) is 0 Å². The fraction of sp³-hybridized carbons (Fsp3) is 0.667. The van der Waals surface area contributed by atoms with E-state index in [9.17, 15) is 4.79 Å². The van der Waals surface area contributed by atoms with Crippen LogP contribution in [0.4, 0.5) is 0 Å². The maximum absolute atomic E-state index is 12.2. The van der Waals surface area contributed by atoms with Crippen LogP contribution >= 0.6 is 0 Å². The summed E-state index contributed by atoms with van der Waals surface area (Å²) in [5.41, 5.74) is 0.836. The molecule has 4 nitrogen and oxygen atoms in total. The van der Waals surface area contributed by atoms with E-state index in [0.29, 0.717) is 6.42 Å². The lowest BCUT2D eigenvalue weighted by molar-refractivity contribution is -0.122. The van der Waals surface area contributed by atoms with Gasteiger partial charge >= 0.3 is 0 Å². The lowest BCUT2D eigenvalue weighted by Crippen LogP contribution is -2.42. The fourth-order valence-corrected chi connectivity index (χ4v) is 3.22. The molecule has 0 spiro atoms. The summed E-state index contributed by atoms with van der Waals surface area (Å²) >= 11 is 0. The second-order valence-electron chi connectivity index (χ2n) is 7.53. The second kappa shape index (κ2) is 8.59. The van der Waals surface area contributed by atoms with Gasteiger partial charge in [-0.2, -0.15) is 0 Å². The van der Waals surface area contributed by atoms with Crippen molar-refractivity contribution in [3.05, 3.63) is 30.1 Å². The van der Waals surface area contributed by atoms with Crippen molar-refractivity contribution in [3.63, 3.8) is 0 Å². The van der Waals surface area contributed by atoms with Gasteiger partial charge in [-0.25, -0.2) is 0 Å². The van der Waals surface area contributed by atoms with Crippen molar-refractivity contribution in [3.8, 4) is 0 Å². The Morgan fingerprint density at radius 1 is 1.35 bits per heavy atom. The van der Waals surface area contributed by atoms with Gasteiger partial charge in [0.1, 0.15) is 0 Å². The fourth-order valence-electron chi connectivity index (χ4n) is 1.95. The van der Waals surface area contributed by atoms with E-state index in [-0.39, 0.29) is 17.0 Å². The number of hydrogen-bond donors (Lipinski definition) is 1. The molecule has 0 bridgehead atoms. The molecule has 1 heterocycles. The van der Waals surface area contributed by atoms with Crippen LogP contribution in [-0.2, 0) is 9.22 Å². The molecule has 1 rings (SSSR count). The van der Waals surface area contributed by atoms with E-state index in [4.69, 9.17) is 4.43 Å². The highest BCUT2D eigenvalue weighted by atomic mass is 28.4. The Bertz CT molecular complexity index is 484. The van der Waals surface area contributed by atoms with Crippen molar-refractivity contribution in [1.29, 1.82) is 0 Å². The van der Waals surface area contributed by atoms with Gasteiger partial charge in [0.05, 0.1) is 18.2 Å². The first-order valence-corrected chi connectivity index (χ1v) is 11.4. The Hall–Kier alpha value is -1.20. The normalized spacial score (nSPS) is 13.7. The molecule has 0 aromatic carbocycles. The molecule has 23 heavy (non-hydrogen) atoms. The van der Waals surface area contributed by atoms with Gasteiger partial charge in [-0.05, 0) is 36.7 Å². The number of hydrogen-bond acceptors (Lipinski definition) is 3. The Kier molecular flexibility index (Phi) is 7.41. The molecule has 1 atom stereocenters. The van der Waals surface area contributed by atoms with Crippen LogP contribution in [0.1, 0.15) is 58.8 Å². The van der Waals surface area contributed by atoms with Crippen LogP contribution in [0.2, 0.25) is 18.1 Å². The predicted molar refractivity (Wildman–Crippen MR) is 97.8 cm³/mol. The van der Waals surface area contributed by atoms with Crippen LogP contribution in [0, 0.1) is 0 Å². The number of nitrogens with zero attached hydrogens (tertiary/aromatic N) is 1. The first-order valence-electron chi connectivity index (χ1n) is 8.53. The maximum Gasteiger partial charge on any atom is 0.222 e. The Balaban J connectivity index is 2.85. The van der Waals surface area contributed by atoms with Gasteiger partial charge < -0.3 is 9.74 Å². The predicted octanol–water partition coefficient (Wildman–Crippen LogP) is 4.45. The number of carbonyl (C=O) groups is 1. The molecule has 0 aliphatic rings. The third kappa shape index (κ3) is 6.43. The number of pyridine rings is 1. The third-order valence-electron chi connectivity index (χ3n) is 4.48. The van der Waals surface area contributed by atoms with Gasteiger partial charge in [0, 0.05) is 12.7 Å². The number of nitrogens with one attached hydrogen (secondary N) is 1. The average Bonchev–Trinajstić information content (AvgIpc) is 2.46. The van der Waals surface area contributed by atoms with E-state index >= 15 is 0 Å². The van der Waals surface area contributed by atoms with Gasteiger partial charge in [0.2, 0.25) is 5.91 Å². The van der Waals surface area contributed by atoms with Crippen molar-refractivity contribution in [2.24, 2.45) is 0 Å². The molecule has 0 saturated heterocycles. The number of carbonyl (C=O) groups excluding carboxylic acids is 1. The number of unbranched alkanes of at least 4 members (excludes halogenated alkanes) is 1. The largest absolute Gasteiger partial charge is 0.408 e. The maximum atomic E-state index is 12.2. The molecular formula is C18H32N2O2Si. The number of aromatic nitrogens is 1. The Morgan fingerprint density at radius 2 is 2.04 bits per heavy atom. The first-order chi connectivity index (χ1) is 10.7. The summed E-state index contributed by atoms with van der Waals surface area (Å²) in [5, 5.41) is 3.07. The standard InChI is InChI=1S/C18H32N2O2Si/c1-7-8-12-20-17(21)14-16(15-11-9-10-13-19-15)22-23(5,6)18(2,3)4/h9-11,13,16H,7-8,12,14H2,1-6H3,(H,20,21). The van der Waals surface area contributed by atoms with Gasteiger partial charge in [0.25, 0.3) is 0 Å². The van der Waals surface area contributed by atoms with Gasteiger partial charge in [-0.1, -0.05) is 40.2 Å². The summed E-state index contributed by atoms with van der Waals surface area (Å²) < 4.78 is 6.48. The van der Waals surface area contributed by atoms with E-state index in [1.165, 1.54) is 0 Å². The van der Waals surface area contributed by atoms with Gasteiger partial charge in [-0.15, -0.1) is 0 Å². The van der Waals surface area contributed by atoms with Crippen molar-refractivity contribution in [2.75, 3.05) is 6.54 Å². The quantitative estimate of drug-likeness (QED) is 0.563. The summed E-state index contributed by atoms with van der Waals surface area (Å²) in [6, 6.07) is 5.77. The molecule has 0 saturated carbocycles. The summed E-state index contributed by atoms with van der Waals surface area (Å²) in [6.45, 7) is 13.9. The molecule has 0 aliphatic carbocycles. The van der Waals surface area contributed by atoms with Crippen molar-refractivity contribution < 1.29 is 9.22 Å². The smallest absolute Gasteiger partial charge is 0.222 e. The van der Waals surface area contributed by atoms with Crippen molar-refractivity contribution >= 4 is 14.2 Å².